The van der Waals surface area contributed by atoms with Crippen LogP contribution in [-0.4, -0.2) is 16.6 Å². The fourth-order valence-electron chi connectivity index (χ4n) is 0.896. The maximum absolute atomic E-state index is 5.33. The number of nitrogens with zero attached hydrogens (tertiary/aromatic N) is 2. The van der Waals surface area contributed by atoms with E-state index < -0.39 is 0 Å². The van der Waals surface area contributed by atoms with Gasteiger partial charge in [-0.2, -0.15) is 0 Å². The molecule has 1 rings (SSSR count). The quantitative estimate of drug-likeness (QED) is 0.688. The number of aromatic nitrogens is 2. The van der Waals surface area contributed by atoms with Crippen LogP contribution in [0.4, 0.5) is 0 Å². The SMILES string of the molecule is C=C(C)COc1cnc(C(C)C)cn1. The Labute approximate surface area is 84.8 Å². The van der Waals surface area contributed by atoms with Gasteiger partial charge in [-0.1, -0.05) is 20.4 Å². The molecule has 0 saturated carbocycles. The van der Waals surface area contributed by atoms with Crippen LogP contribution in [0.5, 0.6) is 5.88 Å². The monoisotopic (exact) mass is 192 g/mol. The van der Waals surface area contributed by atoms with Gasteiger partial charge >= 0.3 is 0 Å². The van der Waals surface area contributed by atoms with E-state index in [1.54, 1.807) is 12.4 Å². The maximum Gasteiger partial charge on any atom is 0.232 e. The molecule has 0 saturated heterocycles. The fourth-order valence-corrected chi connectivity index (χ4v) is 0.896. The lowest BCUT2D eigenvalue weighted by Gasteiger charge is -2.06. The highest BCUT2D eigenvalue weighted by atomic mass is 16.5. The van der Waals surface area contributed by atoms with Crippen molar-refractivity contribution in [3.63, 3.8) is 0 Å². The molecule has 1 heterocycles. The molecule has 0 aromatic carbocycles. The van der Waals surface area contributed by atoms with E-state index in [1.807, 2.05) is 6.92 Å². The summed E-state index contributed by atoms with van der Waals surface area (Å²) in [4.78, 5) is 8.39. The highest BCUT2D eigenvalue weighted by Gasteiger charge is 2.01. The van der Waals surface area contributed by atoms with Crippen LogP contribution in [0.1, 0.15) is 32.4 Å². The molecule has 0 radical (unpaired) electrons. The van der Waals surface area contributed by atoms with Crippen molar-refractivity contribution in [1.29, 1.82) is 0 Å². The molecule has 0 amide bonds. The van der Waals surface area contributed by atoms with Crippen molar-refractivity contribution in [2.45, 2.75) is 26.7 Å². The van der Waals surface area contributed by atoms with Gasteiger partial charge in [0.2, 0.25) is 5.88 Å². The van der Waals surface area contributed by atoms with Gasteiger partial charge in [0.05, 0.1) is 18.1 Å². The van der Waals surface area contributed by atoms with Gasteiger partial charge in [0.25, 0.3) is 0 Å². The second-order valence-electron chi connectivity index (χ2n) is 3.68. The van der Waals surface area contributed by atoms with E-state index in [2.05, 4.69) is 30.4 Å². The lowest BCUT2D eigenvalue weighted by atomic mass is 10.1. The Morgan fingerprint density at radius 3 is 2.57 bits per heavy atom. The molecule has 0 N–H and O–H groups in total. The molecule has 76 valence electrons. The van der Waals surface area contributed by atoms with Crippen LogP contribution >= 0.6 is 0 Å². The Balaban J connectivity index is 2.59. The zero-order valence-electron chi connectivity index (χ0n) is 8.95. The van der Waals surface area contributed by atoms with Crippen molar-refractivity contribution in [1.82, 2.24) is 9.97 Å². The van der Waals surface area contributed by atoms with Crippen LogP contribution in [0.25, 0.3) is 0 Å². The predicted molar refractivity (Wildman–Crippen MR) is 56.4 cm³/mol. The summed E-state index contributed by atoms with van der Waals surface area (Å²) in [6, 6.07) is 0. The lowest BCUT2D eigenvalue weighted by molar-refractivity contribution is 0.336. The molecule has 14 heavy (non-hydrogen) atoms. The van der Waals surface area contributed by atoms with Crippen LogP contribution < -0.4 is 4.74 Å². The molecule has 3 nitrogen and oxygen atoms in total. The summed E-state index contributed by atoms with van der Waals surface area (Å²) < 4.78 is 5.33. The Morgan fingerprint density at radius 1 is 1.43 bits per heavy atom. The Hall–Kier alpha value is -1.38. The minimum Gasteiger partial charge on any atom is -0.472 e. The van der Waals surface area contributed by atoms with E-state index in [9.17, 15) is 0 Å². The molecule has 1 aromatic heterocycles. The molecule has 0 unspecified atom stereocenters. The van der Waals surface area contributed by atoms with E-state index in [0.29, 0.717) is 18.4 Å². The van der Waals surface area contributed by atoms with Crippen LogP contribution in [0, 0.1) is 0 Å². The summed E-state index contributed by atoms with van der Waals surface area (Å²) in [5.41, 5.74) is 1.95. The third kappa shape index (κ3) is 3.17. The molecule has 0 aliphatic heterocycles. The topological polar surface area (TPSA) is 35.0 Å². The van der Waals surface area contributed by atoms with E-state index in [4.69, 9.17) is 4.74 Å². The summed E-state index contributed by atoms with van der Waals surface area (Å²) in [7, 11) is 0. The zero-order chi connectivity index (χ0) is 10.6. The number of ether oxygens (including phenoxy) is 1. The third-order valence-electron chi connectivity index (χ3n) is 1.71. The normalized spacial score (nSPS) is 10.3. The van der Waals surface area contributed by atoms with Gasteiger partial charge in [-0.15, -0.1) is 0 Å². The van der Waals surface area contributed by atoms with Crippen molar-refractivity contribution in [3.8, 4) is 5.88 Å². The Morgan fingerprint density at radius 2 is 2.14 bits per heavy atom. The lowest BCUT2D eigenvalue weighted by Crippen LogP contribution is -2.01. The van der Waals surface area contributed by atoms with Gasteiger partial charge in [0, 0.05) is 0 Å². The summed E-state index contributed by atoms with van der Waals surface area (Å²) >= 11 is 0. The van der Waals surface area contributed by atoms with Crippen molar-refractivity contribution < 1.29 is 4.74 Å². The second-order valence-corrected chi connectivity index (χ2v) is 3.68. The third-order valence-corrected chi connectivity index (χ3v) is 1.71. The van der Waals surface area contributed by atoms with Crippen molar-refractivity contribution in [2.24, 2.45) is 0 Å². The first kappa shape index (κ1) is 10.7. The van der Waals surface area contributed by atoms with E-state index in [1.165, 1.54) is 0 Å². The maximum atomic E-state index is 5.33. The standard InChI is InChI=1S/C11H16N2O/c1-8(2)7-14-11-6-12-10(5-13-11)9(3)4/h5-6,9H,1,7H2,2-4H3. The smallest absolute Gasteiger partial charge is 0.232 e. The van der Waals surface area contributed by atoms with Gasteiger partial charge in [-0.3, -0.25) is 4.98 Å². The first-order valence-electron chi connectivity index (χ1n) is 4.68. The Kier molecular flexibility index (Phi) is 3.63. The van der Waals surface area contributed by atoms with Crippen molar-refractivity contribution >= 4 is 0 Å². The summed E-state index contributed by atoms with van der Waals surface area (Å²) in [5.74, 6) is 0.954. The average Bonchev–Trinajstić information content (AvgIpc) is 2.15. The van der Waals surface area contributed by atoms with E-state index in [-0.39, 0.29) is 0 Å². The average molecular weight is 192 g/mol. The van der Waals surface area contributed by atoms with Crippen molar-refractivity contribution in [2.75, 3.05) is 6.61 Å². The molecule has 0 atom stereocenters. The Bertz CT molecular complexity index is 304. The van der Waals surface area contributed by atoms with Gasteiger partial charge in [0.1, 0.15) is 6.61 Å². The minimum atomic E-state index is 0.401. The highest BCUT2D eigenvalue weighted by Crippen LogP contribution is 2.12. The summed E-state index contributed by atoms with van der Waals surface area (Å²) in [5, 5.41) is 0. The van der Waals surface area contributed by atoms with Crippen molar-refractivity contribution in [3.05, 3.63) is 30.2 Å². The van der Waals surface area contributed by atoms with Crippen LogP contribution in [0.2, 0.25) is 0 Å². The molecule has 1 aromatic rings. The van der Waals surface area contributed by atoms with Crippen LogP contribution in [0.15, 0.2) is 24.5 Å². The summed E-state index contributed by atoms with van der Waals surface area (Å²) in [6.45, 7) is 10.3. The first-order chi connectivity index (χ1) is 6.59. The second kappa shape index (κ2) is 4.74. The van der Waals surface area contributed by atoms with Gasteiger partial charge in [-0.05, 0) is 18.4 Å². The molecule has 0 aliphatic rings. The van der Waals surface area contributed by atoms with E-state index >= 15 is 0 Å². The molecule has 0 aliphatic carbocycles. The van der Waals surface area contributed by atoms with Crippen LogP contribution in [0.3, 0.4) is 0 Å². The molecular weight excluding hydrogens is 176 g/mol. The van der Waals surface area contributed by atoms with E-state index in [0.717, 1.165) is 11.3 Å². The van der Waals surface area contributed by atoms with Crippen LogP contribution in [-0.2, 0) is 0 Å². The minimum absolute atomic E-state index is 0.401. The molecule has 0 spiro atoms. The fraction of sp³-hybridized carbons (Fsp3) is 0.455. The molecule has 0 bridgehead atoms. The first-order valence-corrected chi connectivity index (χ1v) is 4.68. The van der Waals surface area contributed by atoms with Gasteiger partial charge in [-0.25, -0.2) is 4.98 Å². The zero-order valence-corrected chi connectivity index (χ0v) is 8.95. The van der Waals surface area contributed by atoms with Gasteiger partial charge in [0.15, 0.2) is 0 Å². The summed E-state index contributed by atoms with van der Waals surface area (Å²) in [6.07, 6.45) is 3.40. The largest absolute Gasteiger partial charge is 0.472 e. The van der Waals surface area contributed by atoms with Gasteiger partial charge < -0.3 is 4.74 Å². The number of hydrogen-bond donors (Lipinski definition) is 0. The molecule has 3 heteroatoms. The molecular formula is C11H16N2O. The highest BCUT2D eigenvalue weighted by molar-refractivity contribution is 5.10. The number of rotatable bonds is 4. The predicted octanol–water partition coefficient (Wildman–Crippen LogP) is 2.55. The number of hydrogen-bond acceptors (Lipinski definition) is 3. The molecule has 0 fully saturated rings.